The van der Waals surface area contributed by atoms with Crippen molar-refractivity contribution in [1.29, 1.82) is 0 Å². The SMILES string of the molecule is Cc1cc(NN)nc(CN(C)Cc2ccccn2)n1. The van der Waals surface area contributed by atoms with E-state index < -0.39 is 0 Å². The zero-order valence-electron chi connectivity index (χ0n) is 11.2. The molecule has 2 heterocycles. The Bertz CT molecular complexity index is 528. The van der Waals surface area contributed by atoms with Crippen molar-refractivity contribution < 1.29 is 0 Å². The summed E-state index contributed by atoms with van der Waals surface area (Å²) in [4.78, 5) is 15.1. The maximum absolute atomic E-state index is 5.38. The maximum atomic E-state index is 5.38. The van der Waals surface area contributed by atoms with Gasteiger partial charge in [-0.25, -0.2) is 15.8 Å². The van der Waals surface area contributed by atoms with Crippen molar-refractivity contribution in [2.75, 3.05) is 12.5 Å². The molecule has 0 saturated heterocycles. The first-order valence-electron chi connectivity index (χ1n) is 6.07. The number of hydrogen-bond acceptors (Lipinski definition) is 6. The average Bonchev–Trinajstić information content (AvgIpc) is 2.38. The van der Waals surface area contributed by atoms with Crippen LogP contribution in [0.1, 0.15) is 17.2 Å². The fourth-order valence-corrected chi connectivity index (χ4v) is 1.84. The molecule has 0 aliphatic heterocycles. The predicted octanol–water partition coefficient (Wildman–Crippen LogP) is 1.10. The van der Waals surface area contributed by atoms with E-state index in [4.69, 9.17) is 5.84 Å². The molecule has 0 unspecified atom stereocenters. The van der Waals surface area contributed by atoms with Crippen molar-refractivity contribution in [3.05, 3.63) is 47.7 Å². The molecule has 0 spiro atoms. The second-order valence-corrected chi connectivity index (χ2v) is 4.45. The van der Waals surface area contributed by atoms with Gasteiger partial charge < -0.3 is 5.43 Å². The zero-order chi connectivity index (χ0) is 13.7. The molecule has 0 amide bonds. The highest BCUT2D eigenvalue weighted by Crippen LogP contribution is 2.07. The standard InChI is InChI=1S/C13H18N6/c1-10-7-12(18-14)17-13(16-10)9-19(2)8-11-5-3-4-6-15-11/h3-7H,8-9,14H2,1-2H3,(H,16,17,18). The van der Waals surface area contributed by atoms with Crippen LogP contribution in [-0.4, -0.2) is 26.9 Å². The molecule has 0 bridgehead atoms. The quantitative estimate of drug-likeness (QED) is 0.617. The molecule has 100 valence electrons. The molecule has 6 nitrogen and oxygen atoms in total. The number of nitrogens with two attached hydrogens (primary N) is 1. The molecule has 19 heavy (non-hydrogen) atoms. The van der Waals surface area contributed by atoms with Gasteiger partial charge in [0.05, 0.1) is 12.2 Å². The monoisotopic (exact) mass is 258 g/mol. The highest BCUT2D eigenvalue weighted by Gasteiger charge is 2.06. The number of anilines is 1. The van der Waals surface area contributed by atoms with Crippen molar-refractivity contribution in [3.63, 3.8) is 0 Å². The van der Waals surface area contributed by atoms with Gasteiger partial charge in [0.1, 0.15) is 11.6 Å². The highest BCUT2D eigenvalue weighted by atomic mass is 15.3. The van der Waals surface area contributed by atoms with Crippen LogP contribution in [0.5, 0.6) is 0 Å². The van der Waals surface area contributed by atoms with E-state index in [2.05, 4.69) is 25.3 Å². The van der Waals surface area contributed by atoms with Crippen LogP contribution in [0.4, 0.5) is 5.82 Å². The molecule has 0 radical (unpaired) electrons. The Labute approximate surface area is 112 Å². The third-order valence-corrected chi connectivity index (χ3v) is 2.62. The molecule has 0 atom stereocenters. The van der Waals surface area contributed by atoms with Crippen LogP contribution in [0.25, 0.3) is 0 Å². The number of pyridine rings is 1. The lowest BCUT2D eigenvalue weighted by atomic mass is 10.3. The number of nitrogens with one attached hydrogen (secondary N) is 1. The molecule has 6 heteroatoms. The van der Waals surface area contributed by atoms with E-state index in [1.54, 1.807) is 6.20 Å². The minimum Gasteiger partial charge on any atom is -0.308 e. The van der Waals surface area contributed by atoms with Gasteiger partial charge in [-0.3, -0.25) is 9.88 Å². The van der Waals surface area contributed by atoms with Gasteiger partial charge in [0.2, 0.25) is 0 Å². The fraction of sp³-hybridized carbons (Fsp3) is 0.308. The number of nitrogen functional groups attached to an aromatic ring is 1. The van der Waals surface area contributed by atoms with Gasteiger partial charge in [0.15, 0.2) is 0 Å². The Kier molecular flexibility index (Phi) is 4.38. The molecule has 2 aromatic heterocycles. The Morgan fingerprint density at radius 1 is 1.26 bits per heavy atom. The zero-order valence-corrected chi connectivity index (χ0v) is 11.2. The Morgan fingerprint density at radius 2 is 2.11 bits per heavy atom. The summed E-state index contributed by atoms with van der Waals surface area (Å²) < 4.78 is 0. The summed E-state index contributed by atoms with van der Waals surface area (Å²) in [7, 11) is 2.01. The van der Waals surface area contributed by atoms with Crippen LogP contribution in [0.3, 0.4) is 0 Å². The topological polar surface area (TPSA) is 80.0 Å². The van der Waals surface area contributed by atoms with Gasteiger partial charge in [-0.2, -0.15) is 0 Å². The summed E-state index contributed by atoms with van der Waals surface area (Å²) in [6, 6.07) is 7.70. The van der Waals surface area contributed by atoms with Crippen LogP contribution in [0, 0.1) is 6.92 Å². The number of aromatic nitrogens is 3. The van der Waals surface area contributed by atoms with Crippen LogP contribution < -0.4 is 11.3 Å². The molecule has 3 N–H and O–H groups in total. The lowest BCUT2D eigenvalue weighted by Gasteiger charge is -2.15. The third-order valence-electron chi connectivity index (χ3n) is 2.62. The summed E-state index contributed by atoms with van der Waals surface area (Å²) >= 11 is 0. The van der Waals surface area contributed by atoms with Crippen LogP contribution in [-0.2, 0) is 13.1 Å². The smallest absolute Gasteiger partial charge is 0.145 e. The van der Waals surface area contributed by atoms with E-state index in [-0.39, 0.29) is 0 Å². The second-order valence-electron chi connectivity index (χ2n) is 4.45. The first-order valence-corrected chi connectivity index (χ1v) is 6.07. The van der Waals surface area contributed by atoms with Crippen molar-refractivity contribution in [2.24, 2.45) is 5.84 Å². The first-order chi connectivity index (χ1) is 9.17. The lowest BCUT2D eigenvalue weighted by Crippen LogP contribution is -2.20. The molecular formula is C13H18N6. The summed E-state index contributed by atoms with van der Waals surface area (Å²) in [5.41, 5.74) is 4.46. The number of nitrogens with zero attached hydrogens (tertiary/aromatic N) is 4. The van der Waals surface area contributed by atoms with Crippen LogP contribution >= 0.6 is 0 Å². The molecule has 0 fully saturated rings. The minimum absolute atomic E-state index is 0.633. The van der Waals surface area contributed by atoms with E-state index in [1.807, 2.05) is 38.2 Å². The van der Waals surface area contributed by atoms with Gasteiger partial charge >= 0.3 is 0 Å². The molecule has 0 aromatic carbocycles. The molecule has 2 rings (SSSR count). The highest BCUT2D eigenvalue weighted by molar-refractivity contribution is 5.33. The lowest BCUT2D eigenvalue weighted by molar-refractivity contribution is 0.306. The minimum atomic E-state index is 0.633. The van der Waals surface area contributed by atoms with Crippen molar-refractivity contribution in [2.45, 2.75) is 20.0 Å². The largest absolute Gasteiger partial charge is 0.308 e. The molecule has 0 saturated carbocycles. The summed E-state index contributed by atoms with van der Waals surface area (Å²) in [6.45, 7) is 3.32. The maximum Gasteiger partial charge on any atom is 0.145 e. The second kappa shape index (κ2) is 6.21. The van der Waals surface area contributed by atoms with Gasteiger partial charge in [0.25, 0.3) is 0 Å². The van der Waals surface area contributed by atoms with Gasteiger partial charge in [-0.15, -0.1) is 0 Å². The Morgan fingerprint density at radius 3 is 2.79 bits per heavy atom. The van der Waals surface area contributed by atoms with Crippen molar-refractivity contribution in [1.82, 2.24) is 19.9 Å². The van der Waals surface area contributed by atoms with Gasteiger partial charge in [-0.05, 0) is 26.1 Å². The Hall–Kier alpha value is -2.05. The number of aryl methyl sites for hydroxylation is 1. The van der Waals surface area contributed by atoms with Crippen LogP contribution in [0.15, 0.2) is 30.5 Å². The number of hydrazine groups is 1. The molecule has 0 aliphatic rings. The van der Waals surface area contributed by atoms with Gasteiger partial charge in [0, 0.05) is 24.5 Å². The summed E-state index contributed by atoms with van der Waals surface area (Å²) in [6.07, 6.45) is 1.79. The van der Waals surface area contributed by atoms with E-state index in [9.17, 15) is 0 Å². The number of hydrogen-bond donors (Lipinski definition) is 2. The van der Waals surface area contributed by atoms with Crippen molar-refractivity contribution in [3.8, 4) is 0 Å². The molecule has 0 aliphatic carbocycles. The van der Waals surface area contributed by atoms with Crippen molar-refractivity contribution >= 4 is 5.82 Å². The molecule has 2 aromatic rings. The van der Waals surface area contributed by atoms with E-state index >= 15 is 0 Å². The first kappa shape index (κ1) is 13.4. The average molecular weight is 258 g/mol. The normalized spacial score (nSPS) is 10.7. The Balaban J connectivity index is 2.02. The van der Waals surface area contributed by atoms with Gasteiger partial charge in [-0.1, -0.05) is 6.07 Å². The van der Waals surface area contributed by atoms with E-state index in [1.165, 1.54) is 0 Å². The summed E-state index contributed by atoms with van der Waals surface area (Å²) in [5.74, 6) is 6.75. The fourth-order valence-electron chi connectivity index (χ4n) is 1.84. The predicted molar refractivity (Wildman–Crippen MR) is 74.0 cm³/mol. The summed E-state index contributed by atoms with van der Waals surface area (Å²) in [5, 5.41) is 0. The van der Waals surface area contributed by atoms with E-state index in [0.717, 1.165) is 23.8 Å². The molecular weight excluding hydrogens is 240 g/mol. The van der Waals surface area contributed by atoms with Crippen LogP contribution in [0.2, 0.25) is 0 Å². The number of rotatable bonds is 5. The van der Waals surface area contributed by atoms with E-state index in [0.29, 0.717) is 12.4 Å². The third kappa shape index (κ3) is 3.97.